The molecular weight excluding hydrogens is 458 g/mol. The topological polar surface area (TPSA) is 26.0 Å². The molecule has 0 radical (unpaired) electrons. The summed E-state index contributed by atoms with van der Waals surface area (Å²) in [5.74, 6) is 0. The van der Waals surface area contributed by atoms with Gasteiger partial charge in [0.2, 0.25) is 0 Å². The number of hydrogen-bond acceptors (Lipinski definition) is 1. The van der Waals surface area contributed by atoms with E-state index >= 15 is 0 Å². The first-order chi connectivity index (χ1) is 18.7. The van der Waals surface area contributed by atoms with Crippen molar-refractivity contribution in [1.29, 1.82) is 0 Å². The Morgan fingerprint density at radius 3 is 0.684 bits per heavy atom. The van der Waals surface area contributed by atoms with Gasteiger partial charge in [-0.25, -0.2) is 0 Å². The molecule has 1 nitrogen and oxygen atoms in total. The highest BCUT2D eigenvalue weighted by molar-refractivity contribution is 4.83. The summed E-state index contributed by atoms with van der Waals surface area (Å²) in [5, 5.41) is 0. The van der Waals surface area contributed by atoms with E-state index in [1.165, 1.54) is 212 Å². The average molecular weight is 536 g/mol. The first kappa shape index (κ1) is 38.0. The highest BCUT2D eigenvalue weighted by Crippen LogP contribution is 2.26. The van der Waals surface area contributed by atoms with Crippen molar-refractivity contribution in [2.45, 2.75) is 238 Å². The molecule has 0 aromatic heterocycles. The van der Waals surface area contributed by atoms with Gasteiger partial charge in [-0.15, -0.1) is 0 Å². The van der Waals surface area contributed by atoms with Crippen LogP contribution in [0.5, 0.6) is 0 Å². The lowest BCUT2D eigenvalue weighted by Gasteiger charge is -2.29. The molecule has 1 unspecified atom stereocenters. The summed E-state index contributed by atoms with van der Waals surface area (Å²) in [6.07, 6.45) is 46.8. The summed E-state index contributed by atoms with van der Waals surface area (Å²) in [5.41, 5.74) is 7.04. The summed E-state index contributed by atoms with van der Waals surface area (Å²) < 4.78 is 0. The summed E-state index contributed by atoms with van der Waals surface area (Å²) in [4.78, 5) is 0. The lowest BCUT2D eigenvalue weighted by atomic mass is 9.83. The molecule has 0 saturated carbocycles. The van der Waals surface area contributed by atoms with Gasteiger partial charge in [-0.3, -0.25) is 0 Å². The molecule has 0 rings (SSSR count). The Morgan fingerprint density at radius 1 is 0.263 bits per heavy atom. The zero-order valence-corrected chi connectivity index (χ0v) is 27.4. The van der Waals surface area contributed by atoms with E-state index in [0.29, 0.717) is 0 Å². The molecule has 0 saturated heterocycles. The Labute approximate surface area is 243 Å². The molecule has 230 valence electrons. The normalized spacial score (nSPS) is 13.3. The van der Waals surface area contributed by atoms with E-state index in [2.05, 4.69) is 20.8 Å². The predicted molar refractivity (Wildman–Crippen MR) is 176 cm³/mol. The van der Waals surface area contributed by atoms with Crippen molar-refractivity contribution >= 4 is 0 Å². The third-order valence-corrected chi connectivity index (χ3v) is 9.05. The Kier molecular flexibility index (Phi) is 31.5. The minimum atomic E-state index is 0.127. The van der Waals surface area contributed by atoms with Crippen molar-refractivity contribution in [1.82, 2.24) is 0 Å². The fourth-order valence-electron chi connectivity index (χ4n) is 6.39. The van der Waals surface area contributed by atoms with Gasteiger partial charge < -0.3 is 5.73 Å². The lowest BCUT2D eigenvalue weighted by molar-refractivity contribution is 0.310. The highest BCUT2D eigenvalue weighted by atomic mass is 14.7. The van der Waals surface area contributed by atoms with Gasteiger partial charge in [-0.1, -0.05) is 213 Å². The zero-order chi connectivity index (χ0) is 27.8. The second-order valence-corrected chi connectivity index (χ2v) is 13.2. The van der Waals surface area contributed by atoms with E-state index in [9.17, 15) is 0 Å². The first-order valence-corrected chi connectivity index (χ1v) is 18.5. The molecule has 0 aliphatic carbocycles. The quantitative estimate of drug-likeness (QED) is 0.0830. The maximum atomic E-state index is 6.91. The van der Waals surface area contributed by atoms with Crippen LogP contribution < -0.4 is 5.73 Å². The minimum absolute atomic E-state index is 0.127. The Balaban J connectivity index is 3.51. The molecule has 0 aliphatic rings. The van der Waals surface area contributed by atoms with Gasteiger partial charge in [-0.2, -0.15) is 0 Å². The fourth-order valence-corrected chi connectivity index (χ4v) is 6.39. The van der Waals surface area contributed by atoms with E-state index in [-0.39, 0.29) is 5.54 Å². The van der Waals surface area contributed by atoms with Gasteiger partial charge in [-0.05, 0) is 19.3 Å². The molecule has 0 aliphatic heterocycles. The minimum Gasteiger partial charge on any atom is -0.325 e. The van der Waals surface area contributed by atoms with Crippen LogP contribution in [0, 0.1) is 0 Å². The van der Waals surface area contributed by atoms with Gasteiger partial charge in [0.25, 0.3) is 0 Å². The van der Waals surface area contributed by atoms with Crippen LogP contribution in [0.15, 0.2) is 0 Å². The van der Waals surface area contributed by atoms with Crippen LogP contribution in [0.2, 0.25) is 0 Å². The van der Waals surface area contributed by atoms with Crippen LogP contribution in [0.3, 0.4) is 0 Å². The van der Waals surface area contributed by atoms with E-state index < -0.39 is 0 Å². The van der Waals surface area contributed by atoms with Crippen molar-refractivity contribution in [3.63, 3.8) is 0 Å². The van der Waals surface area contributed by atoms with Crippen LogP contribution >= 0.6 is 0 Å². The molecule has 0 fully saturated rings. The monoisotopic (exact) mass is 536 g/mol. The fraction of sp³-hybridized carbons (Fsp3) is 1.00. The van der Waals surface area contributed by atoms with Gasteiger partial charge >= 0.3 is 0 Å². The molecule has 38 heavy (non-hydrogen) atoms. The van der Waals surface area contributed by atoms with Gasteiger partial charge in [0.1, 0.15) is 0 Å². The summed E-state index contributed by atoms with van der Waals surface area (Å²) in [6, 6.07) is 0. The van der Waals surface area contributed by atoms with Crippen molar-refractivity contribution in [3.05, 3.63) is 0 Å². The summed E-state index contributed by atoms with van der Waals surface area (Å²) in [6.45, 7) is 6.93. The van der Waals surface area contributed by atoms with Crippen molar-refractivity contribution in [2.24, 2.45) is 5.73 Å². The maximum Gasteiger partial charge on any atom is 0.0154 e. The zero-order valence-electron chi connectivity index (χ0n) is 27.4. The molecule has 1 heteroatoms. The SMILES string of the molecule is CCCCCCCCCCCCCCCCCC(N)(CCC)CCCCCCCCCCCCCCCC. The predicted octanol–water partition coefficient (Wildman–Crippen LogP) is 13.6. The lowest BCUT2D eigenvalue weighted by Crippen LogP contribution is -2.39. The van der Waals surface area contributed by atoms with Crippen LogP contribution in [0.1, 0.15) is 233 Å². The van der Waals surface area contributed by atoms with Crippen LogP contribution in [-0.4, -0.2) is 5.54 Å². The largest absolute Gasteiger partial charge is 0.325 e. The van der Waals surface area contributed by atoms with E-state index in [0.717, 1.165) is 0 Å². The number of nitrogens with two attached hydrogens (primary N) is 1. The Morgan fingerprint density at radius 2 is 0.474 bits per heavy atom. The molecule has 0 aromatic carbocycles. The second-order valence-electron chi connectivity index (χ2n) is 13.2. The van der Waals surface area contributed by atoms with Crippen molar-refractivity contribution in [3.8, 4) is 0 Å². The summed E-state index contributed by atoms with van der Waals surface area (Å²) >= 11 is 0. The van der Waals surface area contributed by atoms with Gasteiger partial charge in [0.05, 0.1) is 0 Å². The molecular formula is C37H77N. The second kappa shape index (κ2) is 31.5. The van der Waals surface area contributed by atoms with Gasteiger partial charge in [0, 0.05) is 5.54 Å². The van der Waals surface area contributed by atoms with Crippen LogP contribution in [0.4, 0.5) is 0 Å². The Bertz CT molecular complexity index is 419. The number of rotatable bonds is 33. The molecule has 2 N–H and O–H groups in total. The molecule has 0 spiro atoms. The van der Waals surface area contributed by atoms with E-state index in [4.69, 9.17) is 5.73 Å². The Hall–Kier alpha value is -0.0400. The standard InChI is InChI=1S/C37H77N/c1-4-7-9-11-13-15-17-19-21-23-25-27-29-31-33-36-37(38,34-6-3)35-32-30-28-26-24-22-20-18-16-14-12-10-8-5-2/h4-36,38H2,1-3H3. The van der Waals surface area contributed by atoms with Crippen molar-refractivity contribution in [2.75, 3.05) is 0 Å². The van der Waals surface area contributed by atoms with E-state index in [1.807, 2.05) is 0 Å². The smallest absolute Gasteiger partial charge is 0.0154 e. The molecule has 0 heterocycles. The number of unbranched alkanes of at least 4 members (excludes halogenated alkanes) is 27. The molecule has 0 amide bonds. The highest BCUT2D eigenvalue weighted by Gasteiger charge is 2.22. The first-order valence-electron chi connectivity index (χ1n) is 18.5. The third-order valence-electron chi connectivity index (χ3n) is 9.05. The van der Waals surface area contributed by atoms with Crippen LogP contribution in [0.25, 0.3) is 0 Å². The third kappa shape index (κ3) is 29.0. The molecule has 0 bridgehead atoms. The molecule has 0 aromatic rings. The molecule has 1 atom stereocenters. The van der Waals surface area contributed by atoms with E-state index in [1.54, 1.807) is 0 Å². The average Bonchev–Trinajstić information content (AvgIpc) is 2.91. The maximum absolute atomic E-state index is 6.91. The van der Waals surface area contributed by atoms with Crippen LogP contribution in [-0.2, 0) is 0 Å². The van der Waals surface area contributed by atoms with Gasteiger partial charge in [0.15, 0.2) is 0 Å². The number of hydrogen-bond donors (Lipinski definition) is 1. The van der Waals surface area contributed by atoms with Crippen molar-refractivity contribution < 1.29 is 0 Å². The summed E-state index contributed by atoms with van der Waals surface area (Å²) in [7, 11) is 0.